The maximum absolute atomic E-state index is 12.9. The SMILES string of the molecule is O=C(NN=Cc1cccc(C(F)(F)F)c1)c1cnc(-c2ccccn2)nc1-c1ccncc1. The molecule has 0 atom stereocenters. The minimum atomic E-state index is -4.47. The van der Waals surface area contributed by atoms with Gasteiger partial charge < -0.3 is 0 Å². The summed E-state index contributed by atoms with van der Waals surface area (Å²) in [5.41, 5.74) is 3.30. The molecule has 0 aliphatic carbocycles. The molecular formula is C23H15F3N6O. The number of benzene rings is 1. The number of hydrazone groups is 1. The first-order valence-corrected chi connectivity index (χ1v) is 9.61. The van der Waals surface area contributed by atoms with Gasteiger partial charge in [-0.3, -0.25) is 14.8 Å². The smallest absolute Gasteiger partial charge is 0.267 e. The molecule has 0 spiro atoms. The van der Waals surface area contributed by atoms with Crippen LogP contribution in [0.15, 0.2) is 84.5 Å². The summed E-state index contributed by atoms with van der Waals surface area (Å²) in [6, 6.07) is 13.3. The highest BCUT2D eigenvalue weighted by atomic mass is 19.4. The van der Waals surface area contributed by atoms with Crippen molar-refractivity contribution < 1.29 is 18.0 Å². The van der Waals surface area contributed by atoms with Gasteiger partial charge in [-0.15, -0.1) is 0 Å². The predicted octanol–water partition coefficient (Wildman–Crippen LogP) is 4.38. The quantitative estimate of drug-likeness (QED) is 0.361. The zero-order chi connectivity index (χ0) is 23.3. The molecule has 0 saturated carbocycles. The zero-order valence-corrected chi connectivity index (χ0v) is 16.9. The lowest BCUT2D eigenvalue weighted by Crippen LogP contribution is -2.20. The van der Waals surface area contributed by atoms with Gasteiger partial charge in [0.2, 0.25) is 0 Å². The summed E-state index contributed by atoms with van der Waals surface area (Å²) >= 11 is 0. The Morgan fingerprint density at radius 2 is 1.79 bits per heavy atom. The second-order valence-corrected chi connectivity index (χ2v) is 6.73. The largest absolute Gasteiger partial charge is 0.416 e. The van der Waals surface area contributed by atoms with E-state index in [1.165, 1.54) is 18.3 Å². The topological polar surface area (TPSA) is 93.0 Å². The van der Waals surface area contributed by atoms with Crippen LogP contribution in [0.2, 0.25) is 0 Å². The van der Waals surface area contributed by atoms with Crippen LogP contribution in [0.5, 0.6) is 0 Å². The fourth-order valence-corrected chi connectivity index (χ4v) is 2.92. The van der Waals surface area contributed by atoms with Crippen molar-refractivity contribution >= 4 is 12.1 Å². The number of carbonyl (C=O) groups is 1. The third-order valence-electron chi connectivity index (χ3n) is 4.47. The molecule has 1 aromatic carbocycles. The molecule has 0 unspecified atom stereocenters. The number of hydrogen-bond donors (Lipinski definition) is 1. The van der Waals surface area contributed by atoms with Crippen LogP contribution in [-0.2, 0) is 6.18 Å². The number of aromatic nitrogens is 4. The van der Waals surface area contributed by atoms with E-state index < -0.39 is 17.6 Å². The van der Waals surface area contributed by atoms with E-state index in [2.05, 4.69) is 30.5 Å². The number of hydrogen-bond acceptors (Lipinski definition) is 6. The van der Waals surface area contributed by atoms with Gasteiger partial charge in [0, 0.05) is 30.4 Å². The molecule has 0 aliphatic heterocycles. The van der Waals surface area contributed by atoms with Gasteiger partial charge in [-0.1, -0.05) is 18.2 Å². The van der Waals surface area contributed by atoms with Gasteiger partial charge in [0.25, 0.3) is 5.91 Å². The second kappa shape index (κ2) is 9.35. The molecule has 4 rings (SSSR count). The Kier molecular flexibility index (Phi) is 6.16. The monoisotopic (exact) mass is 448 g/mol. The molecule has 3 heterocycles. The van der Waals surface area contributed by atoms with Crippen molar-refractivity contribution in [1.29, 1.82) is 0 Å². The summed E-state index contributed by atoms with van der Waals surface area (Å²) in [5.74, 6) is -0.302. The maximum atomic E-state index is 12.9. The predicted molar refractivity (Wildman–Crippen MR) is 115 cm³/mol. The molecule has 1 N–H and O–H groups in total. The molecule has 10 heteroatoms. The Morgan fingerprint density at radius 1 is 0.970 bits per heavy atom. The van der Waals surface area contributed by atoms with Crippen molar-refractivity contribution in [3.63, 3.8) is 0 Å². The van der Waals surface area contributed by atoms with E-state index in [1.54, 1.807) is 48.9 Å². The fraction of sp³-hybridized carbons (Fsp3) is 0.0435. The standard InChI is InChI=1S/C23H15F3N6O/c24-23(25,26)17-5-3-4-15(12-17)13-30-32-22(33)18-14-29-21(19-6-1-2-9-28-19)31-20(18)16-7-10-27-11-8-16/h1-14H,(H,32,33). The highest BCUT2D eigenvalue weighted by Crippen LogP contribution is 2.29. The minimum absolute atomic E-state index is 0.127. The second-order valence-electron chi connectivity index (χ2n) is 6.73. The van der Waals surface area contributed by atoms with Crippen LogP contribution in [0.4, 0.5) is 13.2 Å². The van der Waals surface area contributed by atoms with Crippen LogP contribution in [0.1, 0.15) is 21.5 Å². The highest BCUT2D eigenvalue weighted by Gasteiger charge is 2.30. The Bertz CT molecular complexity index is 1290. The van der Waals surface area contributed by atoms with Crippen LogP contribution in [-0.4, -0.2) is 32.1 Å². The average molecular weight is 448 g/mol. The summed E-state index contributed by atoms with van der Waals surface area (Å²) in [5, 5.41) is 3.78. The van der Waals surface area contributed by atoms with Crippen LogP contribution >= 0.6 is 0 Å². The number of nitrogens with one attached hydrogen (secondary N) is 1. The molecule has 33 heavy (non-hydrogen) atoms. The van der Waals surface area contributed by atoms with Crippen molar-refractivity contribution in [3.8, 4) is 22.8 Å². The summed E-state index contributed by atoms with van der Waals surface area (Å²) in [6.45, 7) is 0. The van der Waals surface area contributed by atoms with E-state index in [0.29, 0.717) is 22.8 Å². The molecule has 0 aliphatic rings. The van der Waals surface area contributed by atoms with Crippen molar-refractivity contribution in [2.45, 2.75) is 6.18 Å². The van der Waals surface area contributed by atoms with E-state index >= 15 is 0 Å². The number of halogens is 3. The molecule has 0 bridgehead atoms. The van der Waals surface area contributed by atoms with Gasteiger partial charge in [0.15, 0.2) is 5.82 Å². The average Bonchev–Trinajstić information content (AvgIpc) is 2.84. The maximum Gasteiger partial charge on any atom is 0.416 e. The van der Waals surface area contributed by atoms with Gasteiger partial charge in [-0.25, -0.2) is 15.4 Å². The Balaban J connectivity index is 1.61. The summed E-state index contributed by atoms with van der Waals surface area (Å²) in [7, 11) is 0. The molecule has 0 fully saturated rings. The van der Waals surface area contributed by atoms with Crippen LogP contribution in [0.3, 0.4) is 0 Å². The van der Waals surface area contributed by atoms with Crippen LogP contribution in [0, 0.1) is 0 Å². The van der Waals surface area contributed by atoms with Crippen molar-refractivity contribution in [1.82, 2.24) is 25.4 Å². The summed E-state index contributed by atoms with van der Waals surface area (Å²) in [6.07, 6.45) is 2.73. The lowest BCUT2D eigenvalue weighted by atomic mass is 10.1. The molecule has 3 aromatic heterocycles. The molecule has 0 saturated heterocycles. The molecule has 1 amide bonds. The normalized spacial score (nSPS) is 11.5. The lowest BCUT2D eigenvalue weighted by Gasteiger charge is -2.09. The van der Waals surface area contributed by atoms with E-state index in [-0.39, 0.29) is 11.1 Å². The minimum Gasteiger partial charge on any atom is -0.267 e. The highest BCUT2D eigenvalue weighted by molar-refractivity contribution is 6.00. The van der Waals surface area contributed by atoms with Crippen LogP contribution in [0.25, 0.3) is 22.8 Å². The van der Waals surface area contributed by atoms with E-state index in [0.717, 1.165) is 18.3 Å². The first kappa shape index (κ1) is 21.8. The van der Waals surface area contributed by atoms with Gasteiger partial charge in [0.05, 0.1) is 23.0 Å². The Morgan fingerprint density at radius 3 is 2.52 bits per heavy atom. The van der Waals surface area contributed by atoms with Gasteiger partial charge in [-0.2, -0.15) is 18.3 Å². The first-order valence-electron chi connectivity index (χ1n) is 9.61. The van der Waals surface area contributed by atoms with Crippen molar-refractivity contribution in [2.75, 3.05) is 0 Å². The van der Waals surface area contributed by atoms with Gasteiger partial charge in [0.1, 0.15) is 5.69 Å². The van der Waals surface area contributed by atoms with E-state index in [1.807, 2.05) is 0 Å². The summed E-state index contributed by atoms with van der Waals surface area (Å²) in [4.78, 5) is 29.7. The van der Waals surface area contributed by atoms with Gasteiger partial charge >= 0.3 is 6.18 Å². The number of carbonyl (C=O) groups excluding carboxylic acids is 1. The molecule has 7 nitrogen and oxygen atoms in total. The third-order valence-corrected chi connectivity index (χ3v) is 4.47. The molecule has 4 aromatic rings. The van der Waals surface area contributed by atoms with E-state index in [4.69, 9.17) is 0 Å². The van der Waals surface area contributed by atoms with E-state index in [9.17, 15) is 18.0 Å². The van der Waals surface area contributed by atoms with Crippen molar-refractivity contribution in [3.05, 3.63) is 96.1 Å². The lowest BCUT2D eigenvalue weighted by molar-refractivity contribution is -0.137. The number of nitrogens with zero attached hydrogens (tertiary/aromatic N) is 5. The third kappa shape index (κ3) is 5.24. The Labute approximate surface area is 186 Å². The first-order chi connectivity index (χ1) is 15.9. The van der Waals surface area contributed by atoms with Gasteiger partial charge in [-0.05, 0) is 42.0 Å². The molecule has 164 valence electrons. The number of pyridine rings is 2. The number of rotatable bonds is 5. The molecule has 0 radical (unpaired) electrons. The summed E-state index contributed by atoms with van der Waals surface area (Å²) < 4.78 is 38.6. The van der Waals surface area contributed by atoms with Crippen molar-refractivity contribution in [2.24, 2.45) is 5.10 Å². The zero-order valence-electron chi connectivity index (χ0n) is 16.9. The Hall–Kier alpha value is -4.47. The number of alkyl halides is 3. The molecular weight excluding hydrogens is 433 g/mol. The number of amides is 1. The fourth-order valence-electron chi connectivity index (χ4n) is 2.92. The van der Waals surface area contributed by atoms with Crippen LogP contribution < -0.4 is 5.43 Å².